The number of aromatic nitrogens is 4. The molecule has 0 N–H and O–H groups in total. The van der Waals surface area contributed by atoms with E-state index in [4.69, 9.17) is 4.98 Å². The van der Waals surface area contributed by atoms with E-state index in [-0.39, 0.29) is 11.1 Å². The van der Waals surface area contributed by atoms with E-state index in [1.807, 2.05) is 67.6 Å². The first-order chi connectivity index (χ1) is 15.6. The highest BCUT2D eigenvalue weighted by atomic mass is 32.2. The Labute approximate surface area is 188 Å². The molecule has 0 spiro atoms. The molecule has 0 fully saturated rings. The van der Waals surface area contributed by atoms with Crippen LogP contribution < -0.4 is 11.1 Å². The summed E-state index contributed by atoms with van der Waals surface area (Å²) < 4.78 is 3.24. The molecule has 0 amide bonds. The van der Waals surface area contributed by atoms with Gasteiger partial charge in [-0.2, -0.15) is 0 Å². The van der Waals surface area contributed by atoms with Crippen LogP contribution in [0.2, 0.25) is 0 Å². The number of para-hydroxylation sites is 1. The van der Waals surface area contributed by atoms with Crippen molar-refractivity contribution in [3.05, 3.63) is 117 Å². The Kier molecular flexibility index (Phi) is 5.33. The van der Waals surface area contributed by atoms with Gasteiger partial charge in [-0.25, -0.2) is 9.97 Å². The Morgan fingerprint density at radius 1 is 0.906 bits per heavy atom. The lowest BCUT2D eigenvalue weighted by Gasteiger charge is -2.13. The molecular formula is C25H20N4O2S. The summed E-state index contributed by atoms with van der Waals surface area (Å²) >= 11 is 1.41. The van der Waals surface area contributed by atoms with Crippen molar-refractivity contribution in [3.63, 3.8) is 0 Å². The Hall–Kier alpha value is -3.71. The normalized spacial score (nSPS) is 11.3. The molecule has 7 heteroatoms. The quantitative estimate of drug-likeness (QED) is 0.305. The number of pyridine rings is 1. The van der Waals surface area contributed by atoms with Crippen molar-refractivity contribution >= 4 is 28.3 Å². The van der Waals surface area contributed by atoms with Crippen LogP contribution in [0.1, 0.15) is 16.8 Å². The van der Waals surface area contributed by atoms with Crippen LogP contribution in [0.5, 0.6) is 0 Å². The summed E-state index contributed by atoms with van der Waals surface area (Å²) in [7, 11) is 0. The van der Waals surface area contributed by atoms with Gasteiger partial charge in [-0.15, -0.1) is 0 Å². The molecule has 0 atom stereocenters. The maximum absolute atomic E-state index is 13.3. The molecule has 0 aliphatic rings. The number of fused-ring (bicyclic) bond motifs is 2. The van der Waals surface area contributed by atoms with Crippen molar-refractivity contribution in [2.45, 2.75) is 24.4 Å². The van der Waals surface area contributed by atoms with Crippen LogP contribution in [0.25, 0.3) is 16.6 Å². The van der Waals surface area contributed by atoms with Crippen LogP contribution in [0.3, 0.4) is 0 Å². The van der Waals surface area contributed by atoms with E-state index in [2.05, 4.69) is 4.98 Å². The summed E-state index contributed by atoms with van der Waals surface area (Å²) in [4.78, 5) is 35.3. The van der Waals surface area contributed by atoms with Crippen molar-refractivity contribution in [1.82, 2.24) is 18.9 Å². The van der Waals surface area contributed by atoms with Gasteiger partial charge in [0, 0.05) is 18.0 Å². The van der Waals surface area contributed by atoms with Crippen molar-refractivity contribution in [3.8, 4) is 0 Å². The van der Waals surface area contributed by atoms with Crippen LogP contribution in [0, 0.1) is 6.92 Å². The van der Waals surface area contributed by atoms with Crippen molar-refractivity contribution in [2.75, 3.05) is 0 Å². The predicted octanol–water partition coefficient (Wildman–Crippen LogP) is 4.05. The average molecular weight is 441 g/mol. The van der Waals surface area contributed by atoms with E-state index in [1.165, 1.54) is 11.8 Å². The van der Waals surface area contributed by atoms with Gasteiger partial charge in [0.1, 0.15) is 5.65 Å². The molecule has 32 heavy (non-hydrogen) atoms. The lowest BCUT2D eigenvalue weighted by atomic mass is 10.2. The van der Waals surface area contributed by atoms with Gasteiger partial charge < -0.3 is 0 Å². The summed E-state index contributed by atoms with van der Waals surface area (Å²) in [6.45, 7) is 2.36. The van der Waals surface area contributed by atoms with Gasteiger partial charge in [-0.3, -0.25) is 18.6 Å². The number of hydrogen-bond donors (Lipinski definition) is 0. The highest BCUT2D eigenvalue weighted by molar-refractivity contribution is 7.98. The number of hydrogen-bond acceptors (Lipinski definition) is 5. The van der Waals surface area contributed by atoms with Crippen LogP contribution in [0.4, 0.5) is 0 Å². The second-order valence-corrected chi connectivity index (χ2v) is 8.49. The van der Waals surface area contributed by atoms with E-state index >= 15 is 0 Å². The topological polar surface area (TPSA) is 69.3 Å². The van der Waals surface area contributed by atoms with Gasteiger partial charge in [0.05, 0.1) is 23.1 Å². The first-order valence-electron chi connectivity index (χ1n) is 10.2. The molecule has 3 aromatic heterocycles. The monoisotopic (exact) mass is 440 g/mol. The van der Waals surface area contributed by atoms with Crippen LogP contribution in [-0.4, -0.2) is 18.9 Å². The Morgan fingerprint density at radius 2 is 1.69 bits per heavy atom. The number of nitrogens with zero attached hydrogens (tertiary/aromatic N) is 4. The SMILES string of the molecule is Cc1cccn2c(=O)cc(CSc3nc4ccccc4c(=O)n3Cc3ccccc3)nc12. The molecule has 5 rings (SSSR count). The molecule has 0 aliphatic carbocycles. The van der Waals surface area contributed by atoms with Crippen LogP contribution in [0.15, 0.2) is 93.7 Å². The molecule has 0 unspecified atom stereocenters. The zero-order valence-corrected chi connectivity index (χ0v) is 18.2. The van der Waals surface area contributed by atoms with Crippen LogP contribution >= 0.6 is 11.8 Å². The van der Waals surface area contributed by atoms with Gasteiger partial charge in [0.15, 0.2) is 5.16 Å². The molecule has 0 saturated heterocycles. The molecule has 5 aromatic rings. The standard InChI is InChI=1S/C25H20N4O2S/c1-17-8-7-13-28-22(30)14-19(26-23(17)28)16-32-25-27-21-12-6-5-11-20(21)24(31)29(25)15-18-9-3-2-4-10-18/h2-14H,15-16H2,1H3. The molecule has 0 saturated carbocycles. The number of rotatable bonds is 5. The van der Waals surface area contributed by atoms with Gasteiger partial charge in [0.2, 0.25) is 0 Å². The number of aryl methyl sites for hydroxylation is 1. The van der Waals surface area contributed by atoms with Gasteiger partial charge in [-0.1, -0.05) is 60.3 Å². The minimum atomic E-state index is -0.123. The lowest BCUT2D eigenvalue weighted by Crippen LogP contribution is -2.24. The van der Waals surface area contributed by atoms with E-state index in [9.17, 15) is 9.59 Å². The summed E-state index contributed by atoms with van der Waals surface area (Å²) in [6.07, 6.45) is 1.72. The maximum atomic E-state index is 13.3. The summed E-state index contributed by atoms with van der Waals surface area (Å²) in [5.41, 5.74) is 3.71. The fraction of sp³-hybridized carbons (Fsp3) is 0.120. The van der Waals surface area contributed by atoms with Crippen LogP contribution in [-0.2, 0) is 12.3 Å². The smallest absolute Gasteiger partial charge is 0.262 e. The fourth-order valence-corrected chi connectivity index (χ4v) is 4.58. The second kappa shape index (κ2) is 8.43. The largest absolute Gasteiger partial charge is 0.283 e. The Bertz CT molecular complexity index is 1560. The lowest BCUT2D eigenvalue weighted by molar-refractivity contribution is 0.658. The maximum Gasteiger partial charge on any atom is 0.262 e. The van der Waals surface area contributed by atoms with Crippen molar-refractivity contribution in [1.29, 1.82) is 0 Å². The first kappa shape index (κ1) is 20.2. The molecular weight excluding hydrogens is 420 g/mol. The molecule has 6 nitrogen and oxygen atoms in total. The molecule has 3 heterocycles. The van der Waals surface area contributed by atoms with Gasteiger partial charge in [-0.05, 0) is 36.2 Å². The minimum Gasteiger partial charge on any atom is -0.283 e. The van der Waals surface area contributed by atoms with E-state index in [1.54, 1.807) is 27.3 Å². The van der Waals surface area contributed by atoms with Gasteiger partial charge in [0.25, 0.3) is 11.1 Å². The first-order valence-corrected chi connectivity index (χ1v) is 11.2. The van der Waals surface area contributed by atoms with E-state index in [0.717, 1.165) is 11.1 Å². The zero-order valence-electron chi connectivity index (χ0n) is 17.4. The highest BCUT2D eigenvalue weighted by Gasteiger charge is 2.13. The van der Waals surface area contributed by atoms with Crippen molar-refractivity contribution in [2.24, 2.45) is 0 Å². The highest BCUT2D eigenvalue weighted by Crippen LogP contribution is 2.22. The number of thioether (sulfide) groups is 1. The average Bonchev–Trinajstić information content (AvgIpc) is 2.81. The fourth-order valence-electron chi connectivity index (χ4n) is 3.68. The van der Waals surface area contributed by atoms with Gasteiger partial charge >= 0.3 is 0 Å². The number of benzene rings is 2. The summed E-state index contributed by atoms with van der Waals surface area (Å²) in [5, 5.41) is 1.19. The van der Waals surface area contributed by atoms with E-state index in [0.29, 0.717) is 39.7 Å². The molecule has 0 bridgehead atoms. The minimum absolute atomic E-state index is 0.0793. The Morgan fingerprint density at radius 3 is 2.53 bits per heavy atom. The zero-order chi connectivity index (χ0) is 22.1. The summed E-state index contributed by atoms with van der Waals surface area (Å²) in [5.74, 6) is 0.430. The molecule has 158 valence electrons. The third-order valence-corrected chi connectivity index (χ3v) is 6.31. The Balaban J connectivity index is 1.56. The summed E-state index contributed by atoms with van der Waals surface area (Å²) in [6, 6.07) is 22.5. The van der Waals surface area contributed by atoms with E-state index < -0.39 is 0 Å². The molecule has 0 radical (unpaired) electrons. The molecule has 2 aromatic carbocycles. The second-order valence-electron chi connectivity index (χ2n) is 7.55. The molecule has 0 aliphatic heterocycles. The third-order valence-electron chi connectivity index (χ3n) is 5.30. The van der Waals surface area contributed by atoms with Crippen molar-refractivity contribution < 1.29 is 0 Å². The third kappa shape index (κ3) is 3.83. The predicted molar refractivity (Wildman–Crippen MR) is 127 cm³/mol.